The van der Waals surface area contributed by atoms with E-state index in [1.807, 2.05) is 30.3 Å². The summed E-state index contributed by atoms with van der Waals surface area (Å²) in [7, 11) is 1.49. The third-order valence-corrected chi connectivity index (χ3v) is 2.51. The molecule has 2 rings (SSSR count). The molecule has 2 aromatic carbocycles. The van der Waals surface area contributed by atoms with E-state index in [0.717, 1.165) is 5.56 Å². The molecule has 0 saturated heterocycles. The minimum Gasteiger partial charge on any atom is -0.481 e. The number of hydrogen-bond acceptors (Lipinski definition) is 4. The van der Waals surface area contributed by atoms with Crippen LogP contribution in [0.3, 0.4) is 0 Å². The quantitative estimate of drug-likeness (QED) is 0.366. The van der Waals surface area contributed by atoms with Gasteiger partial charge in [-0.3, -0.25) is 10.1 Å². The number of nitro groups is 1. The van der Waals surface area contributed by atoms with Gasteiger partial charge < -0.3 is 4.74 Å². The van der Waals surface area contributed by atoms with Crippen molar-refractivity contribution in [1.82, 2.24) is 0 Å². The first-order valence-electron chi connectivity index (χ1n) is 5.64. The van der Waals surface area contributed by atoms with Gasteiger partial charge in [0, 0.05) is 11.6 Å². The smallest absolute Gasteiger partial charge is 0.294 e. The van der Waals surface area contributed by atoms with Crippen LogP contribution in [-0.4, -0.2) is 17.9 Å². The molecule has 2 aromatic rings. The zero-order valence-corrected chi connectivity index (χ0v) is 10.3. The van der Waals surface area contributed by atoms with E-state index in [9.17, 15) is 10.1 Å². The Morgan fingerprint density at radius 1 is 1.11 bits per heavy atom. The lowest BCUT2D eigenvalue weighted by Gasteiger charge is -2.05. The van der Waals surface area contributed by atoms with Crippen molar-refractivity contribution >= 4 is 17.3 Å². The SMILES string of the molecule is COC(=Nc1ccccc1[N+](=O)[O-])c1ccccc1. The van der Waals surface area contributed by atoms with Crippen LogP contribution in [0.4, 0.5) is 11.4 Å². The van der Waals surface area contributed by atoms with Crippen molar-refractivity contribution in [1.29, 1.82) is 0 Å². The Balaban J connectivity index is 2.47. The fourth-order valence-corrected chi connectivity index (χ4v) is 1.63. The average Bonchev–Trinajstić information content (AvgIpc) is 2.46. The summed E-state index contributed by atoms with van der Waals surface area (Å²) in [4.78, 5) is 14.7. The average molecular weight is 256 g/mol. The van der Waals surface area contributed by atoms with Crippen LogP contribution >= 0.6 is 0 Å². The molecule has 0 spiro atoms. The van der Waals surface area contributed by atoms with E-state index in [4.69, 9.17) is 4.74 Å². The Morgan fingerprint density at radius 3 is 2.37 bits per heavy atom. The molecule has 0 aromatic heterocycles. The van der Waals surface area contributed by atoms with Crippen LogP contribution in [0.2, 0.25) is 0 Å². The van der Waals surface area contributed by atoms with Gasteiger partial charge in [0.25, 0.3) is 5.69 Å². The zero-order chi connectivity index (χ0) is 13.7. The molecule has 0 unspecified atom stereocenters. The second-order valence-corrected chi connectivity index (χ2v) is 3.73. The van der Waals surface area contributed by atoms with E-state index in [-0.39, 0.29) is 11.4 Å². The maximum Gasteiger partial charge on any atom is 0.294 e. The second-order valence-electron chi connectivity index (χ2n) is 3.73. The summed E-state index contributed by atoms with van der Waals surface area (Å²) in [6.45, 7) is 0. The Kier molecular flexibility index (Phi) is 3.87. The lowest BCUT2D eigenvalue weighted by molar-refractivity contribution is -0.384. The lowest BCUT2D eigenvalue weighted by atomic mass is 10.2. The van der Waals surface area contributed by atoms with E-state index >= 15 is 0 Å². The molecule has 5 heteroatoms. The van der Waals surface area contributed by atoms with Crippen LogP contribution < -0.4 is 0 Å². The van der Waals surface area contributed by atoms with Gasteiger partial charge in [-0.05, 0) is 18.2 Å². The minimum atomic E-state index is -0.461. The Hall–Kier alpha value is -2.69. The molecular weight excluding hydrogens is 244 g/mol. The summed E-state index contributed by atoms with van der Waals surface area (Å²) in [5.74, 6) is 0.343. The van der Waals surface area contributed by atoms with E-state index < -0.39 is 4.92 Å². The van der Waals surface area contributed by atoms with Crippen molar-refractivity contribution in [3.05, 3.63) is 70.3 Å². The highest BCUT2D eigenvalue weighted by atomic mass is 16.6. The van der Waals surface area contributed by atoms with Gasteiger partial charge >= 0.3 is 0 Å². The molecule has 0 saturated carbocycles. The molecule has 0 aliphatic heterocycles. The Bertz CT molecular complexity index is 609. The van der Waals surface area contributed by atoms with Gasteiger partial charge in [0.15, 0.2) is 0 Å². The minimum absolute atomic E-state index is 0.0482. The first-order chi connectivity index (χ1) is 9.22. The van der Waals surface area contributed by atoms with Crippen LogP contribution in [0.25, 0.3) is 0 Å². The van der Waals surface area contributed by atoms with Gasteiger partial charge in [0.2, 0.25) is 5.90 Å². The molecule has 0 aliphatic carbocycles. The number of rotatable bonds is 3. The summed E-state index contributed by atoms with van der Waals surface area (Å²) in [5, 5.41) is 10.9. The number of benzene rings is 2. The third kappa shape index (κ3) is 2.95. The predicted octanol–water partition coefficient (Wildman–Crippen LogP) is 3.32. The highest BCUT2D eigenvalue weighted by Gasteiger charge is 2.13. The summed E-state index contributed by atoms with van der Waals surface area (Å²) >= 11 is 0. The summed E-state index contributed by atoms with van der Waals surface area (Å²) in [5.41, 5.74) is 0.990. The first-order valence-corrected chi connectivity index (χ1v) is 5.64. The van der Waals surface area contributed by atoms with Crippen LogP contribution in [-0.2, 0) is 4.74 Å². The van der Waals surface area contributed by atoms with Crippen molar-refractivity contribution in [3.63, 3.8) is 0 Å². The Labute approximate surface area is 110 Å². The molecule has 19 heavy (non-hydrogen) atoms. The van der Waals surface area contributed by atoms with Gasteiger partial charge in [-0.1, -0.05) is 30.3 Å². The number of methoxy groups -OCH3 is 1. The zero-order valence-electron chi connectivity index (χ0n) is 10.3. The lowest BCUT2D eigenvalue weighted by Crippen LogP contribution is -2.03. The maximum absolute atomic E-state index is 10.9. The van der Waals surface area contributed by atoms with Crippen LogP contribution in [0.15, 0.2) is 59.6 Å². The van der Waals surface area contributed by atoms with Crippen LogP contribution in [0.5, 0.6) is 0 Å². The third-order valence-electron chi connectivity index (χ3n) is 2.51. The van der Waals surface area contributed by atoms with E-state index in [0.29, 0.717) is 5.90 Å². The van der Waals surface area contributed by atoms with Crippen molar-refractivity contribution in [2.24, 2.45) is 4.99 Å². The first kappa shape index (κ1) is 12.8. The standard InChI is InChI=1S/C14H12N2O3/c1-19-14(11-7-3-2-4-8-11)15-12-9-5-6-10-13(12)16(17)18/h2-10H,1H3. The molecular formula is C14H12N2O3. The molecule has 0 heterocycles. The highest BCUT2D eigenvalue weighted by Crippen LogP contribution is 2.27. The van der Waals surface area contributed by atoms with Gasteiger partial charge in [-0.25, -0.2) is 4.99 Å². The molecule has 96 valence electrons. The molecule has 0 bridgehead atoms. The molecule has 0 fully saturated rings. The fourth-order valence-electron chi connectivity index (χ4n) is 1.63. The predicted molar refractivity (Wildman–Crippen MR) is 72.7 cm³/mol. The number of aliphatic imine (C=N–C) groups is 1. The van der Waals surface area contributed by atoms with E-state index in [1.165, 1.54) is 13.2 Å². The van der Waals surface area contributed by atoms with Crippen LogP contribution in [0, 0.1) is 10.1 Å². The number of nitrogens with zero attached hydrogens (tertiary/aromatic N) is 2. The van der Waals surface area contributed by atoms with Crippen LogP contribution in [0.1, 0.15) is 5.56 Å². The summed E-state index contributed by atoms with van der Waals surface area (Å²) in [6.07, 6.45) is 0. The number of para-hydroxylation sites is 2. The van der Waals surface area contributed by atoms with E-state index in [1.54, 1.807) is 18.2 Å². The fraction of sp³-hybridized carbons (Fsp3) is 0.0714. The molecule has 0 aliphatic rings. The number of nitro benzene ring substituents is 1. The van der Waals surface area contributed by atoms with Gasteiger partial charge in [0.05, 0.1) is 12.0 Å². The second kappa shape index (κ2) is 5.77. The monoisotopic (exact) mass is 256 g/mol. The number of ether oxygens (including phenoxy) is 1. The molecule has 5 nitrogen and oxygen atoms in total. The Morgan fingerprint density at radius 2 is 1.74 bits per heavy atom. The van der Waals surface area contributed by atoms with Crippen molar-refractivity contribution in [2.75, 3.05) is 7.11 Å². The topological polar surface area (TPSA) is 64.7 Å². The number of hydrogen-bond donors (Lipinski definition) is 0. The molecule has 0 atom stereocenters. The highest BCUT2D eigenvalue weighted by molar-refractivity contribution is 5.96. The molecule has 0 amide bonds. The van der Waals surface area contributed by atoms with Crippen molar-refractivity contribution in [3.8, 4) is 0 Å². The van der Waals surface area contributed by atoms with E-state index in [2.05, 4.69) is 4.99 Å². The summed E-state index contributed by atoms with van der Waals surface area (Å²) in [6, 6.07) is 15.5. The van der Waals surface area contributed by atoms with Gasteiger partial charge in [0.1, 0.15) is 5.69 Å². The van der Waals surface area contributed by atoms with Gasteiger partial charge in [-0.15, -0.1) is 0 Å². The van der Waals surface area contributed by atoms with Crippen molar-refractivity contribution < 1.29 is 9.66 Å². The van der Waals surface area contributed by atoms with Gasteiger partial charge in [-0.2, -0.15) is 0 Å². The molecule has 0 N–H and O–H groups in total. The maximum atomic E-state index is 10.9. The normalized spacial score (nSPS) is 11.1. The van der Waals surface area contributed by atoms with Crippen molar-refractivity contribution in [2.45, 2.75) is 0 Å². The molecule has 0 radical (unpaired) electrons. The largest absolute Gasteiger partial charge is 0.481 e. The summed E-state index contributed by atoms with van der Waals surface area (Å²) < 4.78 is 5.20.